The molecule has 0 aliphatic rings. The molecule has 0 bridgehead atoms. The molecular weight excluding hydrogens is 220 g/mol. The van der Waals surface area contributed by atoms with Crippen molar-refractivity contribution in [1.29, 1.82) is 5.41 Å². The Labute approximate surface area is 91.7 Å². The maximum Gasteiger partial charge on any atom is 0.260 e. The molecule has 0 amide bonds. The average Bonchev–Trinajstić information content (AvgIpc) is 2.23. The van der Waals surface area contributed by atoms with Crippen LogP contribution in [0.15, 0.2) is 0 Å². The molecule has 1 rings (SSSR count). The molecule has 0 radical (unpaired) electrons. The molecule has 0 spiro atoms. The Hall–Kier alpha value is -1.43. The van der Waals surface area contributed by atoms with Crippen molar-refractivity contribution < 1.29 is 9.94 Å². The third kappa shape index (κ3) is 2.53. The van der Waals surface area contributed by atoms with Gasteiger partial charge in [-0.3, -0.25) is 5.41 Å². The molecular formula is C8H13ClN4O2. The van der Waals surface area contributed by atoms with Gasteiger partial charge in [0.2, 0.25) is 5.88 Å². The predicted octanol–water partition coefficient (Wildman–Crippen LogP) is 1.01. The SMILES string of the molecule is CCCCOc1nc(=N)n(O)c(N)c1Cl. The van der Waals surface area contributed by atoms with E-state index in [2.05, 4.69) is 4.98 Å². The first-order chi connectivity index (χ1) is 7.07. The molecule has 0 aromatic carbocycles. The van der Waals surface area contributed by atoms with Gasteiger partial charge >= 0.3 is 0 Å². The number of aromatic nitrogens is 2. The molecule has 0 aliphatic heterocycles. The molecule has 1 heterocycles. The summed E-state index contributed by atoms with van der Waals surface area (Å²) in [4.78, 5) is 3.65. The summed E-state index contributed by atoms with van der Waals surface area (Å²) in [7, 11) is 0. The molecule has 0 unspecified atom stereocenters. The summed E-state index contributed by atoms with van der Waals surface area (Å²) >= 11 is 5.77. The Kier molecular flexibility index (Phi) is 3.79. The van der Waals surface area contributed by atoms with Crippen LogP contribution in [0.5, 0.6) is 5.88 Å². The van der Waals surface area contributed by atoms with Crippen LogP contribution in [-0.4, -0.2) is 21.5 Å². The number of nitrogens with one attached hydrogen (secondary N) is 1. The van der Waals surface area contributed by atoms with E-state index >= 15 is 0 Å². The minimum Gasteiger partial charge on any atom is -0.476 e. The number of rotatable bonds is 4. The van der Waals surface area contributed by atoms with Gasteiger partial charge in [0, 0.05) is 0 Å². The fraction of sp³-hybridized carbons (Fsp3) is 0.500. The van der Waals surface area contributed by atoms with Crippen molar-refractivity contribution in [3.63, 3.8) is 0 Å². The van der Waals surface area contributed by atoms with Gasteiger partial charge in [-0.1, -0.05) is 24.9 Å². The normalized spacial score (nSPS) is 10.3. The molecule has 0 aliphatic carbocycles. The van der Waals surface area contributed by atoms with Crippen molar-refractivity contribution in [2.24, 2.45) is 0 Å². The van der Waals surface area contributed by atoms with Crippen molar-refractivity contribution >= 4 is 17.4 Å². The topological polar surface area (TPSA) is 97.1 Å². The summed E-state index contributed by atoms with van der Waals surface area (Å²) in [6.45, 7) is 2.48. The maximum absolute atomic E-state index is 9.18. The molecule has 1 aromatic heterocycles. The third-order valence-corrected chi connectivity index (χ3v) is 2.14. The van der Waals surface area contributed by atoms with Gasteiger partial charge in [-0.05, 0) is 6.42 Å². The second kappa shape index (κ2) is 4.88. The first-order valence-corrected chi connectivity index (χ1v) is 4.90. The number of nitrogens with two attached hydrogens (primary N) is 1. The predicted molar refractivity (Wildman–Crippen MR) is 55.1 cm³/mol. The lowest BCUT2D eigenvalue weighted by Gasteiger charge is -2.09. The van der Waals surface area contributed by atoms with E-state index in [1.807, 2.05) is 6.92 Å². The molecule has 4 N–H and O–H groups in total. The molecule has 84 valence electrons. The Bertz CT molecular complexity index is 404. The lowest BCUT2D eigenvalue weighted by atomic mass is 10.4. The number of ether oxygens (including phenoxy) is 1. The van der Waals surface area contributed by atoms with E-state index in [9.17, 15) is 5.21 Å². The summed E-state index contributed by atoms with van der Waals surface area (Å²) in [6, 6.07) is 0. The van der Waals surface area contributed by atoms with Crippen LogP contribution in [0.2, 0.25) is 5.02 Å². The maximum atomic E-state index is 9.18. The summed E-state index contributed by atoms with van der Waals surface area (Å²) in [5, 5.41) is 16.5. The van der Waals surface area contributed by atoms with Crippen LogP contribution in [0.1, 0.15) is 19.8 Å². The quantitative estimate of drug-likeness (QED) is 0.533. The molecule has 1 aromatic rings. The van der Waals surface area contributed by atoms with E-state index in [1.54, 1.807) is 0 Å². The largest absolute Gasteiger partial charge is 0.476 e. The van der Waals surface area contributed by atoms with Crippen LogP contribution in [0.25, 0.3) is 0 Å². The van der Waals surface area contributed by atoms with Crippen LogP contribution < -0.4 is 16.1 Å². The van der Waals surface area contributed by atoms with Crippen LogP contribution in [-0.2, 0) is 0 Å². The van der Waals surface area contributed by atoms with E-state index in [1.165, 1.54) is 0 Å². The van der Waals surface area contributed by atoms with Gasteiger partial charge in [-0.2, -0.15) is 4.98 Å². The molecule has 0 fully saturated rings. The minimum absolute atomic E-state index is 0.0182. The standard InChI is InChI=1S/C8H13ClN4O2/c1-2-3-4-15-7-5(9)6(10)13(14)8(11)12-7/h11,14H,2-4,10H2,1H3. The Morgan fingerprint density at radius 3 is 2.93 bits per heavy atom. The van der Waals surface area contributed by atoms with Crippen LogP contribution in [0.3, 0.4) is 0 Å². The van der Waals surface area contributed by atoms with Crippen molar-refractivity contribution in [3.8, 4) is 5.88 Å². The Morgan fingerprint density at radius 2 is 2.33 bits per heavy atom. The van der Waals surface area contributed by atoms with E-state index < -0.39 is 5.62 Å². The highest BCUT2D eigenvalue weighted by Crippen LogP contribution is 2.25. The fourth-order valence-electron chi connectivity index (χ4n) is 0.918. The summed E-state index contributed by atoms with van der Waals surface area (Å²) in [6.07, 6.45) is 1.84. The zero-order valence-corrected chi connectivity index (χ0v) is 9.08. The first kappa shape index (κ1) is 11.6. The number of halogens is 1. The fourth-order valence-corrected chi connectivity index (χ4v) is 1.09. The van der Waals surface area contributed by atoms with Gasteiger partial charge in [-0.15, -0.1) is 4.73 Å². The molecule has 0 saturated carbocycles. The average molecular weight is 233 g/mol. The van der Waals surface area contributed by atoms with E-state index in [0.29, 0.717) is 11.3 Å². The minimum atomic E-state index is -0.414. The highest BCUT2D eigenvalue weighted by Gasteiger charge is 2.12. The zero-order chi connectivity index (χ0) is 11.4. The number of hydrogen-bond acceptors (Lipinski definition) is 5. The van der Waals surface area contributed by atoms with E-state index in [0.717, 1.165) is 12.8 Å². The van der Waals surface area contributed by atoms with Gasteiger partial charge in [-0.25, -0.2) is 0 Å². The molecule has 15 heavy (non-hydrogen) atoms. The van der Waals surface area contributed by atoms with Gasteiger partial charge < -0.3 is 15.7 Å². The molecule has 7 heteroatoms. The van der Waals surface area contributed by atoms with Gasteiger partial charge in [0.05, 0.1) is 6.61 Å². The van der Waals surface area contributed by atoms with Crippen molar-refractivity contribution in [2.75, 3.05) is 12.3 Å². The van der Waals surface area contributed by atoms with E-state index in [4.69, 9.17) is 27.5 Å². The number of nitrogens with zero attached hydrogens (tertiary/aromatic N) is 2. The van der Waals surface area contributed by atoms with Crippen molar-refractivity contribution in [3.05, 3.63) is 10.6 Å². The summed E-state index contributed by atoms with van der Waals surface area (Å²) in [5.74, 6) is -0.0684. The first-order valence-electron chi connectivity index (χ1n) is 4.52. The summed E-state index contributed by atoms with van der Waals surface area (Å²) in [5.41, 5.74) is 5.02. The second-order valence-corrected chi connectivity index (χ2v) is 3.33. The van der Waals surface area contributed by atoms with Gasteiger partial charge in [0.25, 0.3) is 5.62 Å². The van der Waals surface area contributed by atoms with Gasteiger partial charge in [0.1, 0.15) is 5.02 Å². The Morgan fingerprint density at radius 1 is 1.67 bits per heavy atom. The highest BCUT2D eigenvalue weighted by atomic mass is 35.5. The number of nitrogen functional groups attached to an aromatic ring is 1. The van der Waals surface area contributed by atoms with Crippen molar-refractivity contribution in [2.45, 2.75) is 19.8 Å². The highest BCUT2D eigenvalue weighted by molar-refractivity contribution is 6.34. The zero-order valence-electron chi connectivity index (χ0n) is 8.33. The molecule has 6 nitrogen and oxygen atoms in total. The monoisotopic (exact) mass is 232 g/mol. The number of anilines is 1. The second-order valence-electron chi connectivity index (χ2n) is 2.95. The lowest BCUT2D eigenvalue weighted by Crippen LogP contribution is -2.25. The number of unbranched alkanes of at least 4 members (excludes halogenated alkanes) is 1. The van der Waals surface area contributed by atoms with Crippen LogP contribution in [0, 0.1) is 5.41 Å². The summed E-state index contributed by atoms with van der Waals surface area (Å²) < 4.78 is 5.62. The van der Waals surface area contributed by atoms with Gasteiger partial charge in [0.15, 0.2) is 5.82 Å². The van der Waals surface area contributed by atoms with Crippen LogP contribution >= 0.6 is 11.6 Å². The molecule has 0 atom stereocenters. The van der Waals surface area contributed by atoms with Crippen molar-refractivity contribution in [1.82, 2.24) is 9.71 Å². The molecule has 0 saturated heterocycles. The van der Waals surface area contributed by atoms with E-state index in [-0.39, 0.29) is 16.7 Å². The number of hydrogen-bond donors (Lipinski definition) is 3. The Balaban J connectivity index is 2.94. The third-order valence-electron chi connectivity index (χ3n) is 1.79. The van der Waals surface area contributed by atoms with Crippen LogP contribution in [0.4, 0.5) is 5.82 Å². The smallest absolute Gasteiger partial charge is 0.260 e. The lowest BCUT2D eigenvalue weighted by molar-refractivity contribution is 0.168.